The Labute approximate surface area is 316 Å². The number of carbonyl (C=O) groups excluding carboxylic acids is 4. The fourth-order valence-electron chi connectivity index (χ4n) is 7.42. The normalized spacial score (nSPS) is 25.9. The molecule has 4 heterocycles. The Hall–Kier alpha value is -4.86. The highest BCUT2D eigenvalue weighted by atomic mass is 32.2. The lowest BCUT2D eigenvalue weighted by Crippen LogP contribution is -2.57. The van der Waals surface area contributed by atoms with Gasteiger partial charge in [-0.15, -0.1) is 0 Å². The van der Waals surface area contributed by atoms with Gasteiger partial charge in [0.1, 0.15) is 47.6 Å². The number of rotatable bonds is 10. The zero-order chi connectivity index (χ0) is 38.0. The molecule has 2 saturated carbocycles. The number of aromatic amines is 1. The SMILES string of the molecule is COc1ccc2c(OC3CC4C(=O)NC5(C(=O)NSC6CC6)CC5C=CCCCCCC(NC(=O)c5ccn(CCF)n5)C(=O)N4C3)cc(=O)[nH]c2c1C. The number of hydrogen-bond acceptors (Lipinski definition) is 9. The number of allylic oxidation sites excluding steroid dienone is 1. The molecule has 5 atom stereocenters. The summed E-state index contributed by atoms with van der Waals surface area (Å²) >= 11 is 1.38. The largest absolute Gasteiger partial charge is 0.496 e. The van der Waals surface area contributed by atoms with E-state index in [2.05, 4.69) is 25.4 Å². The van der Waals surface area contributed by atoms with E-state index in [-0.39, 0.29) is 42.8 Å². The quantitative estimate of drug-likeness (QED) is 0.178. The van der Waals surface area contributed by atoms with Crippen molar-refractivity contribution in [3.63, 3.8) is 0 Å². The van der Waals surface area contributed by atoms with Crippen LogP contribution in [0, 0.1) is 12.8 Å². The third-order valence-electron chi connectivity index (χ3n) is 10.7. The molecule has 5 unspecified atom stereocenters. The highest BCUT2D eigenvalue weighted by Crippen LogP contribution is 2.46. The van der Waals surface area contributed by atoms with E-state index >= 15 is 0 Å². The first-order valence-corrected chi connectivity index (χ1v) is 19.5. The number of nitrogens with zero attached hydrogens (tertiary/aromatic N) is 3. The van der Waals surface area contributed by atoms with Crippen molar-refractivity contribution in [1.29, 1.82) is 0 Å². The molecule has 3 fully saturated rings. The highest BCUT2D eigenvalue weighted by Gasteiger charge is 2.61. The molecule has 14 nitrogen and oxygen atoms in total. The topological polar surface area (TPSA) is 177 Å². The number of methoxy groups -OCH3 is 1. The van der Waals surface area contributed by atoms with Gasteiger partial charge in [0.25, 0.3) is 17.4 Å². The number of benzene rings is 1. The third-order valence-corrected chi connectivity index (χ3v) is 11.8. The van der Waals surface area contributed by atoms with Crippen molar-refractivity contribution < 1.29 is 33.0 Å². The van der Waals surface area contributed by atoms with Gasteiger partial charge in [0.05, 0.1) is 25.7 Å². The lowest BCUT2D eigenvalue weighted by molar-refractivity contribution is -0.141. The van der Waals surface area contributed by atoms with Crippen LogP contribution in [0.3, 0.4) is 0 Å². The molecule has 0 spiro atoms. The molecule has 1 saturated heterocycles. The number of halogens is 1. The maximum absolute atomic E-state index is 14.6. The maximum atomic E-state index is 14.6. The first-order chi connectivity index (χ1) is 26.1. The number of carbonyl (C=O) groups is 4. The van der Waals surface area contributed by atoms with Crippen LogP contribution >= 0.6 is 11.9 Å². The fourth-order valence-corrected chi connectivity index (χ4v) is 8.25. The van der Waals surface area contributed by atoms with Crippen LogP contribution in [0.2, 0.25) is 0 Å². The van der Waals surface area contributed by atoms with E-state index in [1.807, 2.05) is 19.1 Å². The van der Waals surface area contributed by atoms with Gasteiger partial charge in [-0.05, 0) is 75.6 Å². The Morgan fingerprint density at radius 3 is 2.72 bits per heavy atom. The number of ether oxygens (including phenoxy) is 2. The maximum Gasteiger partial charge on any atom is 0.272 e. The van der Waals surface area contributed by atoms with Crippen LogP contribution in [-0.2, 0) is 20.9 Å². The van der Waals surface area contributed by atoms with Gasteiger partial charge in [-0.25, -0.2) is 4.39 Å². The van der Waals surface area contributed by atoms with Crippen molar-refractivity contribution in [3.05, 3.63) is 64.2 Å². The standard InChI is InChI=1S/C38H46FN7O7S/c1-22-30(52-2)13-12-26-31(19-32(47)41-33(22)26)53-24-18-29-35(49)42-38(37(51)44-54-25-10-11-25)20-23(38)8-6-4-3-5-7-9-28(36(50)46(29)21-24)40-34(48)27-14-16-45(43-27)17-15-39/h6,8,12-14,16,19,23-25,28-29H,3-5,7,9-11,15,17-18,20-21H2,1-2H3,(H,40,48)(H,41,47)(H,42,49)(H,44,51). The number of nitrogens with one attached hydrogen (secondary N) is 4. The number of alkyl halides is 1. The van der Waals surface area contributed by atoms with Crippen molar-refractivity contribution in [2.24, 2.45) is 5.92 Å². The average molecular weight is 764 g/mol. The number of amides is 4. The Kier molecular flexibility index (Phi) is 11.0. The molecule has 2 aliphatic heterocycles. The van der Waals surface area contributed by atoms with Crippen LogP contribution in [0.1, 0.15) is 73.8 Å². The van der Waals surface area contributed by atoms with Crippen LogP contribution in [0.4, 0.5) is 4.39 Å². The predicted octanol–water partition coefficient (Wildman–Crippen LogP) is 3.48. The van der Waals surface area contributed by atoms with Gasteiger partial charge in [0.2, 0.25) is 11.8 Å². The Morgan fingerprint density at radius 2 is 1.94 bits per heavy atom. The monoisotopic (exact) mass is 763 g/mol. The molecule has 2 aliphatic carbocycles. The fraction of sp³-hybridized carbons (Fsp3) is 0.526. The van der Waals surface area contributed by atoms with Gasteiger partial charge in [0, 0.05) is 40.8 Å². The first-order valence-electron chi connectivity index (χ1n) is 18.6. The number of pyridine rings is 1. The molecule has 0 bridgehead atoms. The molecule has 16 heteroatoms. The van der Waals surface area contributed by atoms with E-state index in [0.717, 1.165) is 37.7 Å². The predicted molar refractivity (Wildman–Crippen MR) is 200 cm³/mol. The summed E-state index contributed by atoms with van der Waals surface area (Å²) in [6.45, 7) is 1.15. The Bertz CT molecular complexity index is 2010. The summed E-state index contributed by atoms with van der Waals surface area (Å²) < 4.78 is 29.1. The zero-order valence-corrected chi connectivity index (χ0v) is 31.2. The molecule has 54 heavy (non-hydrogen) atoms. The van der Waals surface area contributed by atoms with Gasteiger partial charge in [-0.1, -0.05) is 25.0 Å². The number of aryl methyl sites for hydroxylation is 2. The highest BCUT2D eigenvalue weighted by molar-refractivity contribution is 7.98. The molecule has 0 radical (unpaired) electrons. The zero-order valence-electron chi connectivity index (χ0n) is 30.4. The second kappa shape index (κ2) is 15.9. The molecule has 2 aromatic heterocycles. The van der Waals surface area contributed by atoms with Crippen molar-refractivity contribution in [1.82, 2.24) is 35.0 Å². The minimum atomic E-state index is -1.16. The molecule has 7 rings (SSSR count). The molecule has 3 aromatic rings. The molecule has 1 aromatic carbocycles. The number of aromatic nitrogens is 3. The number of fused-ring (bicyclic) bond motifs is 3. The Balaban J connectivity index is 1.19. The summed E-state index contributed by atoms with van der Waals surface area (Å²) in [6, 6.07) is 4.31. The van der Waals surface area contributed by atoms with E-state index in [0.29, 0.717) is 41.2 Å². The van der Waals surface area contributed by atoms with Crippen molar-refractivity contribution >= 4 is 46.5 Å². The van der Waals surface area contributed by atoms with Gasteiger partial charge >= 0.3 is 0 Å². The average Bonchev–Trinajstić information content (AvgIpc) is 4.01. The van der Waals surface area contributed by atoms with Gasteiger partial charge < -0.3 is 30.0 Å². The summed E-state index contributed by atoms with van der Waals surface area (Å²) in [5.41, 5.74) is -0.249. The summed E-state index contributed by atoms with van der Waals surface area (Å²) in [6.07, 6.45) is 10.7. The van der Waals surface area contributed by atoms with Crippen LogP contribution < -0.4 is 30.4 Å². The van der Waals surface area contributed by atoms with Crippen molar-refractivity contribution in [3.8, 4) is 11.5 Å². The first kappa shape index (κ1) is 37.5. The van der Waals surface area contributed by atoms with Crippen LogP contribution in [0.25, 0.3) is 10.9 Å². The van der Waals surface area contributed by atoms with Crippen LogP contribution in [-0.4, -0.2) is 92.6 Å². The van der Waals surface area contributed by atoms with Crippen LogP contribution in [0.15, 0.2) is 47.4 Å². The molecule has 4 amide bonds. The summed E-state index contributed by atoms with van der Waals surface area (Å²) in [5.74, 6) is -1.16. The third kappa shape index (κ3) is 7.98. The van der Waals surface area contributed by atoms with E-state index in [1.54, 1.807) is 19.2 Å². The van der Waals surface area contributed by atoms with E-state index in [4.69, 9.17) is 9.47 Å². The van der Waals surface area contributed by atoms with Gasteiger partial charge in [-0.2, -0.15) is 5.10 Å². The lowest BCUT2D eigenvalue weighted by atomic mass is 10.0. The summed E-state index contributed by atoms with van der Waals surface area (Å²) in [4.78, 5) is 73.2. The molecule has 4 aliphatic rings. The molecular weight excluding hydrogens is 718 g/mol. The number of H-pyrrole nitrogens is 1. The Morgan fingerprint density at radius 1 is 1.11 bits per heavy atom. The van der Waals surface area contributed by atoms with Crippen molar-refractivity contribution in [2.45, 2.75) is 100 Å². The summed E-state index contributed by atoms with van der Waals surface area (Å²) in [5, 5.41) is 11.0. The van der Waals surface area contributed by atoms with Gasteiger partial charge in [-0.3, -0.25) is 33.4 Å². The van der Waals surface area contributed by atoms with E-state index < -0.39 is 53.7 Å². The van der Waals surface area contributed by atoms with E-state index in [9.17, 15) is 28.4 Å². The lowest BCUT2D eigenvalue weighted by Gasteiger charge is -2.29. The summed E-state index contributed by atoms with van der Waals surface area (Å²) in [7, 11) is 1.54. The molecule has 288 valence electrons. The minimum absolute atomic E-state index is 0.00857. The minimum Gasteiger partial charge on any atom is -0.496 e. The second-order valence-electron chi connectivity index (χ2n) is 14.6. The molecular formula is C38H46FN7O7S. The van der Waals surface area contributed by atoms with E-state index in [1.165, 1.54) is 39.9 Å². The van der Waals surface area contributed by atoms with Crippen molar-refractivity contribution in [2.75, 3.05) is 20.3 Å². The molecule has 4 N–H and O–H groups in total. The van der Waals surface area contributed by atoms with Gasteiger partial charge in [0.15, 0.2) is 0 Å². The second-order valence-corrected chi connectivity index (χ2v) is 15.7. The van der Waals surface area contributed by atoms with Crippen LogP contribution in [0.5, 0.6) is 11.5 Å². The number of hydrogen-bond donors (Lipinski definition) is 4. The smallest absolute Gasteiger partial charge is 0.272 e.